The molecular formula is C21H24N4O3. The highest BCUT2D eigenvalue weighted by Gasteiger charge is 2.24. The van der Waals surface area contributed by atoms with Crippen LogP contribution in [0.4, 0.5) is 0 Å². The summed E-state index contributed by atoms with van der Waals surface area (Å²) in [5, 5.41) is 24.3. The van der Waals surface area contributed by atoms with Crippen LogP contribution in [0.3, 0.4) is 0 Å². The molecule has 1 aliphatic rings. The third-order valence-corrected chi connectivity index (χ3v) is 5.23. The number of aliphatic hydroxyl groups excluding tert-OH is 2. The minimum absolute atomic E-state index is 0.0488. The van der Waals surface area contributed by atoms with Crippen molar-refractivity contribution < 1.29 is 15.0 Å². The summed E-state index contributed by atoms with van der Waals surface area (Å²) < 4.78 is 1.82. The Balaban J connectivity index is 1.65. The lowest BCUT2D eigenvalue weighted by atomic mass is 10.1. The highest BCUT2D eigenvalue weighted by molar-refractivity contribution is 5.98. The summed E-state index contributed by atoms with van der Waals surface area (Å²) in [6, 6.07) is 9.73. The van der Waals surface area contributed by atoms with E-state index < -0.39 is 6.10 Å². The van der Waals surface area contributed by atoms with Crippen LogP contribution in [0.5, 0.6) is 0 Å². The van der Waals surface area contributed by atoms with Crippen LogP contribution in [0.1, 0.15) is 45.5 Å². The van der Waals surface area contributed by atoms with Crippen LogP contribution in [0, 0.1) is 13.8 Å². The van der Waals surface area contributed by atoms with Crippen molar-refractivity contribution in [2.75, 3.05) is 13.2 Å². The zero-order valence-electron chi connectivity index (χ0n) is 16.1. The summed E-state index contributed by atoms with van der Waals surface area (Å²) in [5.41, 5.74) is 4.64. The molecule has 2 N–H and O–H groups in total. The number of nitrogens with zero attached hydrogens (tertiary/aromatic N) is 4. The predicted octanol–water partition coefficient (Wildman–Crippen LogP) is 2.12. The van der Waals surface area contributed by atoms with E-state index in [1.807, 2.05) is 42.8 Å². The zero-order valence-corrected chi connectivity index (χ0v) is 16.1. The second-order valence-corrected chi connectivity index (χ2v) is 7.38. The van der Waals surface area contributed by atoms with E-state index in [1.165, 1.54) is 0 Å². The van der Waals surface area contributed by atoms with Gasteiger partial charge in [0.2, 0.25) is 0 Å². The normalized spacial score (nSPS) is 15.4. The molecule has 7 nitrogen and oxygen atoms in total. The van der Waals surface area contributed by atoms with Crippen molar-refractivity contribution in [1.82, 2.24) is 19.7 Å². The van der Waals surface area contributed by atoms with Gasteiger partial charge < -0.3 is 15.1 Å². The number of carbonyl (C=O) groups is 1. The second kappa shape index (κ2) is 7.33. The van der Waals surface area contributed by atoms with Gasteiger partial charge in [-0.25, -0.2) is 0 Å². The van der Waals surface area contributed by atoms with Crippen molar-refractivity contribution in [2.45, 2.75) is 39.5 Å². The average Bonchev–Trinajstić information content (AvgIpc) is 2.98. The van der Waals surface area contributed by atoms with Crippen LogP contribution < -0.4 is 0 Å². The molecule has 2 aromatic heterocycles. The molecule has 28 heavy (non-hydrogen) atoms. The standard InChI is InChI=1S/C21H24N4O3/c1-13-4-5-18-15(8-13)9-17(14(2)22-18)21(28)24-6-3-7-25-16(11-24)10-19(23-25)20(27)12-26/h4-5,8-10,20,26-27H,3,6-7,11-12H2,1-2H3/t20-/m0/s1. The molecule has 4 rings (SSSR count). The Morgan fingerprint density at radius 3 is 2.82 bits per heavy atom. The summed E-state index contributed by atoms with van der Waals surface area (Å²) in [5.74, 6) is -0.0488. The van der Waals surface area contributed by atoms with E-state index in [1.54, 1.807) is 11.0 Å². The van der Waals surface area contributed by atoms with Gasteiger partial charge in [0.05, 0.1) is 41.3 Å². The van der Waals surface area contributed by atoms with Crippen molar-refractivity contribution in [3.05, 3.63) is 58.5 Å². The topological polar surface area (TPSA) is 91.5 Å². The maximum absolute atomic E-state index is 13.3. The number of aliphatic hydroxyl groups is 2. The van der Waals surface area contributed by atoms with E-state index in [0.29, 0.717) is 30.9 Å². The molecule has 0 aliphatic carbocycles. The van der Waals surface area contributed by atoms with Gasteiger partial charge in [-0.05, 0) is 44.5 Å². The molecule has 0 spiro atoms. The fourth-order valence-electron chi connectivity index (χ4n) is 3.69. The first-order valence-corrected chi connectivity index (χ1v) is 9.49. The molecular weight excluding hydrogens is 356 g/mol. The summed E-state index contributed by atoms with van der Waals surface area (Å²) in [7, 11) is 0. The van der Waals surface area contributed by atoms with Gasteiger partial charge in [-0.1, -0.05) is 11.6 Å². The lowest BCUT2D eigenvalue weighted by Gasteiger charge is -2.21. The second-order valence-electron chi connectivity index (χ2n) is 7.38. The van der Waals surface area contributed by atoms with Crippen molar-refractivity contribution in [3.63, 3.8) is 0 Å². The molecule has 7 heteroatoms. The van der Waals surface area contributed by atoms with Gasteiger partial charge in [0.15, 0.2) is 0 Å². The lowest BCUT2D eigenvalue weighted by Crippen LogP contribution is -2.31. The molecule has 0 saturated carbocycles. The molecule has 3 heterocycles. The largest absolute Gasteiger partial charge is 0.393 e. The molecule has 3 aromatic rings. The number of aryl methyl sites for hydroxylation is 3. The van der Waals surface area contributed by atoms with Gasteiger partial charge in [-0.3, -0.25) is 14.5 Å². The number of amides is 1. The summed E-state index contributed by atoms with van der Waals surface area (Å²) in [6.07, 6.45) is -0.229. The molecule has 0 fully saturated rings. The Labute approximate surface area is 163 Å². The average molecular weight is 380 g/mol. The molecule has 0 unspecified atom stereocenters. The molecule has 0 bridgehead atoms. The predicted molar refractivity (Wildman–Crippen MR) is 105 cm³/mol. The first kappa shape index (κ1) is 18.6. The maximum Gasteiger partial charge on any atom is 0.256 e. The number of benzene rings is 1. The number of fused-ring (bicyclic) bond motifs is 2. The first-order chi connectivity index (χ1) is 13.5. The fourth-order valence-corrected chi connectivity index (χ4v) is 3.69. The third kappa shape index (κ3) is 3.39. The molecule has 1 amide bonds. The van der Waals surface area contributed by atoms with Gasteiger partial charge in [-0.2, -0.15) is 5.10 Å². The number of rotatable bonds is 3. The van der Waals surface area contributed by atoms with Crippen LogP contribution in [-0.4, -0.2) is 48.9 Å². The highest BCUT2D eigenvalue weighted by Crippen LogP contribution is 2.23. The van der Waals surface area contributed by atoms with E-state index in [0.717, 1.165) is 34.3 Å². The van der Waals surface area contributed by atoms with Gasteiger partial charge in [0.1, 0.15) is 6.10 Å². The third-order valence-electron chi connectivity index (χ3n) is 5.23. The van der Waals surface area contributed by atoms with E-state index in [-0.39, 0.29) is 12.5 Å². The van der Waals surface area contributed by atoms with Crippen LogP contribution >= 0.6 is 0 Å². The molecule has 146 valence electrons. The Morgan fingerprint density at radius 1 is 1.21 bits per heavy atom. The number of carbonyl (C=O) groups excluding carboxylic acids is 1. The number of hydrogen-bond acceptors (Lipinski definition) is 5. The summed E-state index contributed by atoms with van der Waals surface area (Å²) in [4.78, 5) is 19.7. The smallest absolute Gasteiger partial charge is 0.256 e. The molecule has 1 aromatic carbocycles. The zero-order chi connectivity index (χ0) is 19.8. The van der Waals surface area contributed by atoms with Crippen LogP contribution in [0.2, 0.25) is 0 Å². The Hall–Kier alpha value is -2.77. The molecule has 1 aliphatic heterocycles. The lowest BCUT2D eigenvalue weighted by molar-refractivity contribution is 0.0744. The first-order valence-electron chi connectivity index (χ1n) is 9.49. The minimum Gasteiger partial charge on any atom is -0.393 e. The molecule has 1 atom stereocenters. The maximum atomic E-state index is 13.3. The summed E-state index contributed by atoms with van der Waals surface area (Å²) in [6.45, 7) is 5.23. The molecule has 0 radical (unpaired) electrons. The Morgan fingerprint density at radius 2 is 2.04 bits per heavy atom. The van der Waals surface area contributed by atoms with Gasteiger partial charge in [0, 0.05) is 18.5 Å². The van der Waals surface area contributed by atoms with Crippen molar-refractivity contribution in [2.24, 2.45) is 0 Å². The van der Waals surface area contributed by atoms with Crippen molar-refractivity contribution >= 4 is 16.8 Å². The number of pyridine rings is 1. The fraction of sp³-hybridized carbons (Fsp3) is 0.381. The van der Waals surface area contributed by atoms with Crippen molar-refractivity contribution in [1.29, 1.82) is 0 Å². The number of hydrogen-bond donors (Lipinski definition) is 2. The van der Waals surface area contributed by atoms with E-state index in [2.05, 4.69) is 10.1 Å². The monoisotopic (exact) mass is 380 g/mol. The Kier molecular flexibility index (Phi) is 4.87. The minimum atomic E-state index is -1.00. The van der Waals surface area contributed by atoms with E-state index in [4.69, 9.17) is 5.11 Å². The van der Waals surface area contributed by atoms with Crippen molar-refractivity contribution in [3.8, 4) is 0 Å². The van der Waals surface area contributed by atoms with Crippen LogP contribution in [-0.2, 0) is 13.1 Å². The Bertz CT molecular complexity index is 1040. The highest BCUT2D eigenvalue weighted by atomic mass is 16.3. The van der Waals surface area contributed by atoms with Crippen LogP contribution in [0.25, 0.3) is 10.9 Å². The van der Waals surface area contributed by atoms with Gasteiger partial charge in [0.25, 0.3) is 5.91 Å². The summed E-state index contributed by atoms with van der Waals surface area (Å²) >= 11 is 0. The van der Waals surface area contributed by atoms with E-state index >= 15 is 0 Å². The van der Waals surface area contributed by atoms with E-state index in [9.17, 15) is 9.90 Å². The van der Waals surface area contributed by atoms with Crippen LogP contribution in [0.15, 0.2) is 30.3 Å². The molecule has 0 saturated heterocycles. The SMILES string of the molecule is Cc1ccc2nc(C)c(C(=O)N3CCCn4nc([C@@H](O)CO)cc4C3)cc2c1. The van der Waals surface area contributed by atoms with Gasteiger partial charge in [-0.15, -0.1) is 0 Å². The number of aromatic nitrogens is 3. The van der Waals surface area contributed by atoms with Gasteiger partial charge >= 0.3 is 0 Å². The quantitative estimate of drug-likeness (QED) is 0.726.